The summed E-state index contributed by atoms with van der Waals surface area (Å²) in [6.07, 6.45) is 0. The first kappa shape index (κ1) is 22.5. The first-order valence-electron chi connectivity index (χ1n) is 9.88. The number of amides is 1. The van der Waals surface area contributed by atoms with Gasteiger partial charge in [0.15, 0.2) is 0 Å². The molecular weight excluding hydrogens is 412 g/mol. The van der Waals surface area contributed by atoms with Crippen molar-refractivity contribution < 1.29 is 9.53 Å². The fourth-order valence-corrected chi connectivity index (χ4v) is 3.02. The van der Waals surface area contributed by atoms with Crippen molar-refractivity contribution in [1.29, 1.82) is 0 Å². The number of carbonyl (C=O) groups excluding carboxylic acids is 1. The van der Waals surface area contributed by atoms with Gasteiger partial charge in [0.2, 0.25) is 5.91 Å². The van der Waals surface area contributed by atoms with Crippen LogP contribution in [0.1, 0.15) is 13.8 Å². The number of nitroso groups, excluding NO2 is 1. The van der Waals surface area contributed by atoms with Crippen LogP contribution >= 0.6 is 0 Å². The van der Waals surface area contributed by atoms with Crippen LogP contribution in [0.5, 0.6) is 5.75 Å². The van der Waals surface area contributed by atoms with Crippen molar-refractivity contribution in [2.45, 2.75) is 13.8 Å². The lowest BCUT2D eigenvalue weighted by atomic mass is 10.1. The van der Waals surface area contributed by atoms with Gasteiger partial charge in [-0.2, -0.15) is 9.78 Å². The molecule has 1 aromatic heterocycles. The first-order chi connectivity index (χ1) is 15.4. The molecule has 2 aromatic carbocycles. The highest BCUT2D eigenvalue weighted by Crippen LogP contribution is 2.28. The van der Waals surface area contributed by atoms with Crippen LogP contribution in [0.4, 0.5) is 17.1 Å². The number of rotatable bonds is 8. The number of nitrogens with zero attached hydrogens (tertiary/aromatic N) is 4. The average molecular weight is 436 g/mol. The van der Waals surface area contributed by atoms with E-state index in [2.05, 4.69) is 21.1 Å². The number of ether oxygens (including phenoxy) is 1. The fraction of sp³-hybridized carbons (Fsp3) is 0.227. The summed E-state index contributed by atoms with van der Waals surface area (Å²) >= 11 is 0. The molecule has 0 spiro atoms. The van der Waals surface area contributed by atoms with Gasteiger partial charge < -0.3 is 9.64 Å². The first-order valence-corrected chi connectivity index (χ1v) is 9.88. The molecule has 32 heavy (non-hydrogen) atoms. The van der Waals surface area contributed by atoms with E-state index in [4.69, 9.17) is 4.74 Å². The summed E-state index contributed by atoms with van der Waals surface area (Å²) in [5, 5.41) is 7.57. The van der Waals surface area contributed by atoms with Gasteiger partial charge in [-0.15, -0.1) is 4.91 Å². The Balaban J connectivity index is 2.25. The molecule has 3 aromatic rings. The third-order valence-electron chi connectivity index (χ3n) is 4.83. The Hall–Kier alpha value is -4.21. The fourth-order valence-electron chi connectivity index (χ4n) is 3.02. The zero-order chi connectivity index (χ0) is 23.3. The molecule has 0 aliphatic rings. The number of anilines is 2. The Labute approximate surface area is 184 Å². The Kier molecular flexibility index (Phi) is 6.83. The standard InChI is InChI=1S/C22H24N6O4/c1-5-27(3)21-13-19(15-7-6-8-17(11-15)32-4)25-28(22(21)30)20-12-16(24-23-14(2)29)9-10-18(20)26-31/h6-13,24H,5H2,1-4H3,(H,23,29). The Bertz CT molecular complexity index is 1210. The minimum absolute atomic E-state index is 0.0286. The molecule has 10 nitrogen and oxygen atoms in total. The van der Waals surface area contributed by atoms with Gasteiger partial charge in [-0.05, 0) is 48.5 Å². The molecule has 0 saturated heterocycles. The van der Waals surface area contributed by atoms with Crippen molar-refractivity contribution in [3.8, 4) is 22.7 Å². The summed E-state index contributed by atoms with van der Waals surface area (Å²) in [7, 11) is 3.36. The second-order valence-corrected chi connectivity index (χ2v) is 6.98. The summed E-state index contributed by atoms with van der Waals surface area (Å²) in [5.74, 6) is 0.343. The van der Waals surface area contributed by atoms with Crippen LogP contribution in [0.2, 0.25) is 0 Å². The molecule has 166 valence electrons. The summed E-state index contributed by atoms with van der Waals surface area (Å²) in [6, 6.07) is 13.5. The van der Waals surface area contributed by atoms with E-state index in [0.717, 1.165) is 10.2 Å². The quantitative estimate of drug-likeness (QED) is 0.411. The molecule has 0 atom stereocenters. The van der Waals surface area contributed by atoms with Crippen LogP contribution < -0.4 is 26.0 Å². The molecule has 1 heterocycles. The number of aromatic nitrogens is 2. The van der Waals surface area contributed by atoms with Crippen LogP contribution in [0, 0.1) is 4.91 Å². The molecule has 0 bridgehead atoms. The van der Waals surface area contributed by atoms with Crippen LogP contribution in [-0.4, -0.2) is 36.4 Å². The molecule has 2 N–H and O–H groups in total. The van der Waals surface area contributed by atoms with Crippen molar-refractivity contribution in [2.24, 2.45) is 5.18 Å². The van der Waals surface area contributed by atoms with Crippen molar-refractivity contribution in [2.75, 3.05) is 31.0 Å². The molecule has 0 saturated carbocycles. The van der Waals surface area contributed by atoms with E-state index >= 15 is 0 Å². The van der Waals surface area contributed by atoms with Crippen LogP contribution in [0.3, 0.4) is 0 Å². The van der Waals surface area contributed by atoms with Gasteiger partial charge in [0.1, 0.15) is 22.8 Å². The second-order valence-electron chi connectivity index (χ2n) is 6.98. The molecule has 1 amide bonds. The normalized spacial score (nSPS) is 10.4. The average Bonchev–Trinajstić information content (AvgIpc) is 2.82. The summed E-state index contributed by atoms with van der Waals surface area (Å²) in [6.45, 7) is 3.86. The van der Waals surface area contributed by atoms with E-state index in [-0.39, 0.29) is 17.3 Å². The number of methoxy groups -OCH3 is 1. The topological polar surface area (TPSA) is 118 Å². The lowest BCUT2D eigenvalue weighted by Gasteiger charge is -2.19. The maximum absolute atomic E-state index is 13.3. The van der Waals surface area contributed by atoms with Gasteiger partial charge in [0, 0.05) is 26.1 Å². The maximum atomic E-state index is 13.3. The van der Waals surface area contributed by atoms with E-state index in [0.29, 0.717) is 29.4 Å². The number of hydrazine groups is 1. The van der Waals surface area contributed by atoms with Crippen molar-refractivity contribution in [3.63, 3.8) is 0 Å². The Morgan fingerprint density at radius 3 is 2.66 bits per heavy atom. The molecule has 0 fully saturated rings. The van der Waals surface area contributed by atoms with Crippen LogP contribution in [0.25, 0.3) is 16.9 Å². The molecular formula is C22H24N6O4. The monoisotopic (exact) mass is 436 g/mol. The predicted molar refractivity (Wildman–Crippen MR) is 124 cm³/mol. The van der Waals surface area contributed by atoms with Gasteiger partial charge >= 0.3 is 0 Å². The van der Waals surface area contributed by atoms with Crippen molar-refractivity contribution >= 4 is 23.0 Å². The second kappa shape index (κ2) is 9.73. The zero-order valence-corrected chi connectivity index (χ0v) is 18.2. The molecule has 10 heteroatoms. The van der Waals surface area contributed by atoms with Gasteiger partial charge in [0.05, 0.1) is 18.5 Å². The summed E-state index contributed by atoms with van der Waals surface area (Å²) in [5.41, 5.74) is 7.06. The molecule has 0 aliphatic heterocycles. The van der Waals surface area contributed by atoms with E-state index < -0.39 is 5.56 Å². The molecule has 3 rings (SSSR count). The van der Waals surface area contributed by atoms with Crippen molar-refractivity contribution in [1.82, 2.24) is 15.2 Å². The zero-order valence-electron chi connectivity index (χ0n) is 18.2. The summed E-state index contributed by atoms with van der Waals surface area (Å²) < 4.78 is 6.45. The van der Waals surface area contributed by atoms with Crippen LogP contribution in [0.15, 0.2) is 58.5 Å². The van der Waals surface area contributed by atoms with Gasteiger partial charge in [-0.1, -0.05) is 12.1 Å². The highest BCUT2D eigenvalue weighted by atomic mass is 16.5. The SMILES string of the molecule is CCN(C)c1cc(-c2cccc(OC)c2)nn(-c2cc(NNC(C)=O)ccc2N=O)c1=O. The predicted octanol–water partition coefficient (Wildman–Crippen LogP) is 3.23. The lowest BCUT2D eigenvalue weighted by Crippen LogP contribution is -2.30. The van der Waals surface area contributed by atoms with Crippen molar-refractivity contribution in [3.05, 3.63) is 63.8 Å². The largest absolute Gasteiger partial charge is 0.497 e. The number of hydrogen-bond acceptors (Lipinski definition) is 8. The Morgan fingerprint density at radius 1 is 1.22 bits per heavy atom. The van der Waals surface area contributed by atoms with E-state index in [1.54, 1.807) is 37.3 Å². The molecule has 0 radical (unpaired) electrons. The third-order valence-corrected chi connectivity index (χ3v) is 4.83. The highest BCUT2D eigenvalue weighted by molar-refractivity contribution is 5.75. The van der Waals surface area contributed by atoms with Gasteiger partial charge in [-0.3, -0.25) is 20.4 Å². The minimum atomic E-state index is -0.414. The number of hydrogen-bond donors (Lipinski definition) is 2. The molecule has 0 unspecified atom stereocenters. The third kappa shape index (κ3) is 4.75. The Morgan fingerprint density at radius 2 is 2.00 bits per heavy atom. The lowest BCUT2D eigenvalue weighted by molar-refractivity contribution is -0.118. The van der Waals surface area contributed by atoms with Crippen LogP contribution in [-0.2, 0) is 4.79 Å². The minimum Gasteiger partial charge on any atom is -0.497 e. The number of carbonyl (C=O) groups is 1. The van der Waals surface area contributed by atoms with Gasteiger partial charge in [-0.25, -0.2) is 0 Å². The molecule has 0 aliphatic carbocycles. The smallest absolute Gasteiger partial charge is 0.295 e. The van der Waals surface area contributed by atoms with E-state index in [1.165, 1.54) is 19.1 Å². The van der Waals surface area contributed by atoms with E-state index in [9.17, 15) is 14.5 Å². The summed E-state index contributed by atoms with van der Waals surface area (Å²) in [4.78, 5) is 37.8. The van der Waals surface area contributed by atoms with Gasteiger partial charge in [0.25, 0.3) is 5.56 Å². The van der Waals surface area contributed by atoms with E-state index in [1.807, 2.05) is 25.1 Å². The highest BCUT2D eigenvalue weighted by Gasteiger charge is 2.17. The maximum Gasteiger partial charge on any atom is 0.295 e. The number of benzene rings is 2. The number of nitrogens with one attached hydrogen (secondary N) is 2.